The molecule has 0 spiro atoms. The molecule has 3 aromatic rings. The Morgan fingerprint density at radius 1 is 1.10 bits per heavy atom. The quantitative estimate of drug-likeness (QED) is 0.721. The van der Waals surface area contributed by atoms with Crippen molar-refractivity contribution in [2.75, 3.05) is 19.6 Å². The highest BCUT2D eigenvalue weighted by Crippen LogP contribution is 2.29. The summed E-state index contributed by atoms with van der Waals surface area (Å²) in [6.45, 7) is 4.27. The van der Waals surface area contributed by atoms with Gasteiger partial charge in [-0.3, -0.25) is 4.98 Å². The van der Waals surface area contributed by atoms with Gasteiger partial charge in [0.05, 0.1) is 0 Å². The maximum Gasteiger partial charge on any atom is 0.317 e. The van der Waals surface area contributed by atoms with Crippen molar-refractivity contribution in [2.45, 2.75) is 32.2 Å². The minimum absolute atomic E-state index is 0.0363. The number of aryl methyl sites for hydroxylation is 1. The molecular formula is C23H27N5O. The molecule has 6 heteroatoms. The van der Waals surface area contributed by atoms with Crippen LogP contribution in [0.25, 0.3) is 11.4 Å². The number of nitrogens with one attached hydrogen (secondary N) is 1. The Kier molecular flexibility index (Phi) is 5.89. The maximum atomic E-state index is 12.5. The van der Waals surface area contributed by atoms with E-state index in [0.29, 0.717) is 12.6 Å². The molecule has 1 N–H and O–H groups in total. The third-order valence-electron chi connectivity index (χ3n) is 5.55. The molecule has 150 valence electrons. The van der Waals surface area contributed by atoms with Crippen LogP contribution in [-0.2, 0) is 6.42 Å². The zero-order valence-corrected chi connectivity index (χ0v) is 16.8. The van der Waals surface area contributed by atoms with Gasteiger partial charge < -0.3 is 14.8 Å². The summed E-state index contributed by atoms with van der Waals surface area (Å²) in [5.41, 5.74) is 3.42. The Labute approximate surface area is 171 Å². The van der Waals surface area contributed by atoms with Crippen molar-refractivity contribution in [1.29, 1.82) is 0 Å². The first-order valence-electron chi connectivity index (χ1n) is 10.2. The predicted octanol–water partition coefficient (Wildman–Crippen LogP) is 3.84. The molecule has 6 nitrogen and oxygen atoms in total. The molecule has 0 atom stereocenters. The maximum absolute atomic E-state index is 12.5. The van der Waals surface area contributed by atoms with Crippen molar-refractivity contribution >= 4 is 6.03 Å². The van der Waals surface area contributed by atoms with Crippen LogP contribution < -0.4 is 5.32 Å². The molecule has 1 saturated heterocycles. The van der Waals surface area contributed by atoms with Crippen LogP contribution in [0.5, 0.6) is 0 Å². The fourth-order valence-electron chi connectivity index (χ4n) is 4.01. The average Bonchev–Trinajstić information content (AvgIpc) is 3.16. The largest absolute Gasteiger partial charge is 0.338 e. The van der Waals surface area contributed by atoms with Gasteiger partial charge in [-0.15, -0.1) is 0 Å². The van der Waals surface area contributed by atoms with E-state index in [4.69, 9.17) is 0 Å². The SMILES string of the molecule is Cc1cnc(-c2cccnc2)n1C1CCN(C(=O)NCCc2ccccc2)CC1. The summed E-state index contributed by atoms with van der Waals surface area (Å²) in [6, 6.07) is 14.6. The minimum atomic E-state index is 0.0363. The number of nitrogens with zero attached hydrogens (tertiary/aromatic N) is 4. The summed E-state index contributed by atoms with van der Waals surface area (Å²) in [7, 11) is 0. The molecule has 29 heavy (non-hydrogen) atoms. The van der Waals surface area contributed by atoms with Crippen LogP contribution in [0.2, 0.25) is 0 Å². The Hall–Kier alpha value is -3.15. The summed E-state index contributed by atoms with van der Waals surface area (Å²) in [5.74, 6) is 0.960. The lowest BCUT2D eigenvalue weighted by Gasteiger charge is -2.34. The number of hydrogen-bond donors (Lipinski definition) is 1. The molecule has 1 fully saturated rings. The fourth-order valence-corrected chi connectivity index (χ4v) is 4.01. The highest BCUT2D eigenvalue weighted by atomic mass is 16.2. The number of piperidine rings is 1. The average molecular weight is 390 g/mol. The number of hydrogen-bond acceptors (Lipinski definition) is 3. The number of likely N-dealkylation sites (tertiary alicyclic amines) is 1. The van der Waals surface area contributed by atoms with Gasteiger partial charge in [-0.1, -0.05) is 30.3 Å². The molecule has 3 heterocycles. The number of carbonyl (C=O) groups is 1. The Morgan fingerprint density at radius 2 is 1.90 bits per heavy atom. The topological polar surface area (TPSA) is 63.1 Å². The van der Waals surface area contributed by atoms with Gasteiger partial charge in [0.25, 0.3) is 0 Å². The highest BCUT2D eigenvalue weighted by molar-refractivity contribution is 5.74. The molecule has 0 aliphatic carbocycles. The van der Waals surface area contributed by atoms with Crippen LogP contribution in [-0.4, -0.2) is 45.1 Å². The van der Waals surface area contributed by atoms with Crippen molar-refractivity contribution in [3.63, 3.8) is 0 Å². The first-order valence-corrected chi connectivity index (χ1v) is 10.2. The van der Waals surface area contributed by atoms with E-state index in [0.717, 1.165) is 49.4 Å². The molecule has 0 bridgehead atoms. The Bertz CT molecular complexity index is 930. The van der Waals surface area contributed by atoms with E-state index in [-0.39, 0.29) is 6.03 Å². The smallest absolute Gasteiger partial charge is 0.317 e. The summed E-state index contributed by atoms with van der Waals surface area (Å²) < 4.78 is 2.31. The van der Waals surface area contributed by atoms with E-state index >= 15 is 0 Å². The van der Waals surface area contributed by atoms with Crippen molar-refractivity contribution in [2.24, 2.45) is 0 Å². The van der Waals surface area contributed by atoms with Gasteiger partial charge in [0.15, 0.2) is 0 Å². The van der Waals surface area contributed by atoms with Crippen molar-refractivity contribution in [3.05, 3.63) is 72.3 Å². The summed E-state index contributed by atoms with van der Waals surface area (Å²) in [5, 5.41) is 3.06. The Morgan fingerprint density at radius 3 is 2.62 bits per heavy atom. The number of urea groups is 1. The fraction of sp³-hybridized carbons (Fsp3) is 0.348. The summed E-state index contributed by atoms with van der Waals surface area (Å²) >= 11 is 0. The molecule has 2 aromatic heterocycles. The van der Waals surface area contributed by atoms with Gasteiger partial charge in [-0.05, 0) is 43.9 Å². The summed E-state index contributed by atoms with van der Waals surface area (Å²) in [6.07, 6.45) is 8.26. The molecule has 1 aromatic carbocycles. The van der Waals surface area contributed by atoms with E-state index in [1.807, 2.05) is 47.6 Å². The van der Waals surface area contributed by atoms with E-state index in [2.05, 4.69) is 38.9 Å². The second-order valence-electron chi connectivity index (χ2n) is 7.52. The normalized spacial score (nSPS) is 14.7. The molecule has 0 radical (unpaired) electrons. The number of carbonyl (C=O) groups excluding carboxylic acids is 1. The zero-order valence-electron chi connectivity index (χ0n) is 16.8. The molecule has 1 aliphatic heterocycles. The van der Waals surface area contributed by atoms with E-state index in [9.17, 15) is 4.79 Å². The number of imidazole rings is 1. The van der Waals surface area contributed by atoms with E-state index < -0.39 is 0 Å². The second kappa shape index (κ2) is 8.90. The molecular weight excluding hydrogens is 362 g/mol. The van der Waals surface area contributed by atoms with Gasteiger partial charge in [0.2, 0.25) is 0 Å². The van der Waals surface area contributed by atoms with Gasteiger partial charge in [-0.2, -0.15) is 0 Å². The Balaban J connectivity index is 1.33. The number of aromatic nitrogens is 3. The van der Waals surface area contributed by atoms with Crippen molar-refractivity contribution in [3.8, 4) is 11.4 Å². The molecule has 0 unspecified atom stereocenters. The van der Waals surface area contributed by atoms with Crippen molar-refractivity contribution in [1.82, 2.24) is 24.8 Å². The molecule has 1 aliphatic rings. The molecule has 4 rings (SSSR count). The lowest BCUT2D eigenvalue weighted by Crippen LogP contribution is -2.45. The number of pyridine rings is 1. The van der Waals surface area contributed by atoms with Crippen LogP contribution in [0.1, 0.15) is 30.1 Å². The first-order chi connectivity index (χ1) is 14.2. The van der Waals surface area contributed by atoms with Gasteiger partial charge in [0, 0.05) is 55.5 Å². The summed E-state index contributed by atoms with van der Waals surface area (Å²) in [4.78, 5) is 23.3. The minimum Gasteiger partial charge on any atom is -0.338 e. The van der Waals surface area contributed by atoms with Crippen LogP contribution >= 0.6 is 0 Å². The first kappa shape index (κ1) is 19.2. The monoisotopic (exact) mass is 389 g/mol. The third kappa shape index (κ3) is 4.47. The molecule has 0 saturated carbocycles. The number of amides is 2. The second-order valence-corrected chi connectivity index (χ2v) is 7.52. The van der Waals surface area contributed by atoms with Gasteiger partial charge >= 0.3 is 6.03 Å². The third-order valence-corrected chi connectivity index (χ3v) is 5.55. The standard InChI is InChI=1S/C23H27N5O/c1-18-16-26-22(20-8-5-12-24-17-20)28(18)21-10-14-27(15-11-21)23(29)25-13-9-19-6-3-2-4-7-19/h2-8,12,16-17,21H,9-11,13-15H2,1H3,(H,25,29). The number of rotatable bonds is 5. The van der Waals surface area contributed by atoms with Crippen LogP contribution in [0.4, 0.5) is 4.79 Å². The van der Waals surface area contributed by atoms with Gasteiger partial charge in [-0.25, -0.2) is 9.78 Å². The van der Waals surface area contributed by atoms with Crippen molar-refractivity contribution < 1.29 is 4.79 Å². The van der Waals surface area contributed by atoms with Crippen LogP contribution in [0, 0.1) is 6.92 Å². The highest BCUT2D eigenvalue weighted by Gasteiger charge is 2.26. The number of benzene rings is 1. The molecule has 2 amide bonds. The lowest BCUT2D eigenvalue weighted by atomic mass is 10.0. The zero-order chi connectivity index (χ0) is 20.1. The van der Waals surface area contributed by atoms with Gasteiger partial charge in [0.1, 0.15) is 5.82 Å². The lowest BCUT2D eigenvalue weighted by molar-refractivity contribution is 0.171. The predicted molar refractivity (Wildman–Crippen MR) is 114 cm³/mol. The van der Waals surface area contributed by atoms with Crippen LogP contribution in [0.3, 0.4) is 0 Å². The van der Waals surface area contributed by atoms with Crippen LogP contribution in [0.15, 0.2) is 61.1 Å². The van der Waals surface area contributed by atoms with E-state index in [1.54, 1.807) is 6.20 Å². The van der Waals surface area contributed by atoms with E-state index in [1.165, 1.54) is 5.56 Å².